The largest absolute Gasteiger partial charge is 0.455 e. The molecule has 0 atom stereocenters. The number of nitrogens with zero attached hydrogens (tertiary/aromatic N) is 1. The Morgan fingerprint density at radius 3 is 2.31 bits per heavy atom. The molecule has 0 aromatic rings. The first-order chi connectivity index (χ1) is 7.77. The lowest BCUT2D eigenvalue weighted by atomic mass is 10.1. The van der Waals surface area contributed by atoms with E-state index in [1.165, 1.54) is 0 Å². The average molecular weight is 225 g/mol. The minimum absolute atomic E-state index is 0.0381. The highest BCUT2D eigenvalue weighted by atomic mass is 16.5. The van der Waals surface area contributed by atoms with Gasteiger partial charge in [-0.1, -0.05) is 12.8 Å². The van der Waals surface area contributed by atoms with Crippen LogP contribution in [0, 0.1) is 5.92 Å². The smallest absolute Gasteiger partial charge is 0.309 e. The van der Waals surface area contributed by atoms with Crippen LogP contribution in [-0.4, -0.2) is 36.5 Å². The van der Waals surface area contributed by atoms with Crippen molar-refractivity contribution < 1.29 is 14.3 Å². The SMILES string of the molecule is O=C(OCC(=O)N1CCCC1)C1CCCC1. The van der Waals surface area contributed by atoms with Crippen molar-refractivity contribution >= 4 is 11.9 Å². The molecule has 4 nitrogen and oxygen atoms in total. The first kappa shape index (κ1) is 11.4. The predicted molar refractivity (Wildman–Crippen MR) is 58.7 cm³/mol. The van der Waals surface area contributed by atoms with Gasteiger partial charge in [0.05, 0.1) is 5.92 Å². The monoisotopic (exact) mass is 225 g/mol. The van der Waals surface area contributed by atoms with Crippen molar-refractivity contribution in [1.29, 1.82) is 0 Å². The first-order valence-corrected chi connectivity index (χ1v) is 6.22. The number of carbonyl (C=O) groups is 2. The molecular formula is C12H19NO3. The number of carbonyl (C=O) groups excluding carboxylic acids is 2. The van der Waals surface area contributed by atoms with E-state index in [4.69, 9.17) is 4.74 Å². The summed E-state index contributed by atoms with van der Waals surface area (Å²) in [5.41, 5.74) is 0. The lowest BCUT2D eigenvalue weighted by Crippen LogP contribution is -2.32. The maximum Gasteiger partial charge on any atom is 0.309 e. The molecule has 0 radical (unpaired) electrons. The molecule has 1 aliphatic heterocycles. The third-order valence-corrected chi connectivity index (χ3v) is 3.49. The molecule has 4 heteroatoms. The van der Waals surface area contributed by atoms with E-state index in [1.54, 1.807) is 4.90 Å². The molecule has 0 unspecified atom stereocenters. The molecule has 1 heterocycles. The third kappa shape index (κ3) is 2.74. The zero-order valence-corrected chi connectivity index (χ0v) is 9.61. The van der Waals surface area contributed by atoms with Gasteiger partial charge in [0.15, 0.2) is 6.61 Å². The van der Waals surface area contributed by atoms with Gasteiger partial charge in [0.25, 0.3) is 5.91 Å². The zero-order valence-electron chi connectivity index (χ0n) is 9.61. The van der Waals surface area contributed by atoms with Crippen LogP contribution in [0.1, 0.15) is 38.5 Å². The van der Waals surface area contributed by atoms with E-state index >= 15 is 0 Å². The van der Waals surface area contributed by atoms with Gasteiger partial charge in [0.2, 0.25) is 0 Å². The number of likely N-dealkylation sites (tertiary alicyclic amines) is 1. The Balaban J connectivity index is 1.69. The Morgan fingerprint density at radius 2 is 1.69 bits per heavy atom. The first-order valence-electron chi connectivity index (χ1n) is 6.22. The molecule has 0 bridgehead atoms. The predicted octanol–water partition coefficient (Wildman–Crippen LogP) is 1.34. The van der Waals surface area contributed by atoms with Crippen molar-refractivity contribution in [3.63, 3.8) is 0 Å². The van der Waals surface area contributed by atoms with E-state index in [0.717, 1.165) is 51.6 Å². The molecule has 0 N–H and O–H groups in total. The lowest BCUT2D eigenvalue weighted by Gasteiger charge is -2.16. The van der Waals surface area contributed by atoms with Crippen LogP contribution in [0.15, 0.2) is 0 Å². The number of esters is 1. The normalized spacial score (nSPS) is 21.4. The van der Waals surface area contributed by atoms with E-state index < -0.39 is 0 Å². The van der Waals surface area contributed by atoms with Crippen LogP contribution in [0.5, 0.6) is 0 Å². The molecule has 1 saturated carbocycles. The quantitative estimate of drug-likeness (QED) is 0.681. The third-order valence-electron chi connectivity index (χ3n) is 3.49. The zero-order chi connectivity index (χ0) is 11.4. The Kier molecular flexibility index (Phi) is 3.80. The van der Waals surface area contributed by atoms with Gasteiger partial charge in [-0.15, -0.1) is 0 Å². The maximum atomic E-state index is 11.6. The van der Waals surface area contributed by atoms with E-state index in [2.05, 4.69) is 0 Å². The number of hydrogen-bond acceptors (Lipinski definition) is 3. The highest BCUT2D eigenvalue weighted by Gasteiger charge is 2.25. The fourth-order valence-electron chi connectivity index (χ4n) is 2.47. The molecule has 1 aliphatic carbocycles. The topological polar surface area (TPSA) is 46.6 Å². The summed E-state index contributed by atoms with van der Waals surface area (Å²) in [7, 11) is 0. The molecule has 1 saturated heterocycles. The van der Waals surface area contributed by atoms with E-state index in [9.17, 15) is 9.59 Å². The summed E-state index contributed by atoms with van der Waals surface area (Å²) in [6, 6.07) is 0. The van der Waals surface area contributed by atoms with Gasteiger partial charge in [0, 0.05) is 13.1 Å². The molecule has 0 aromatic carbocycles. The fourth-order valence-corrected chi connectivity index (χ4v) is 2.47. The highest BCUT2D eigenvalue weighted by Crippen LogP contribution is 2.25. The van der Waals surface area contributed by atoms with Crippen LogP contribution in [0.25, 0.3) is 0 Å². The van der Waals surface area contributed by atoms with Gasteiger partial charge in [-0.05, 0) is 25.7 Å². The van der Waals surface area contributed by atoms with Crippen molar-refractivity contribution in [2.45, 2.75) is 38.5 Å². The van der Waals surface area contributed by atoms with Crippen molar-refractivity contribution in [1.82, 2.24) is 4.90 Å². The van der Waals surface area contributed by atoms with Crippen LogP contribution in [-0.2, 0) is 14.3 Å². The summed E-state index contributed by atoms with van der Waals surface area (Å²) in [4.78, 5) is 25.0. The summed E-state index contributed by atoms with van der Waals surface area (Å²) < 4.78 is 5.07. The molecule has 2 aliphatic rings. The number of ether oxygens (including phenoxy) is 1. The van der Waals surface area contributed by atoms with E-state index in [-0.39, 0.29) is 24.4 Å². The molecule has 0 spiro atoms. The van der Waals surface area contributed by atoms with Crippen LogP contribution < -0.4 is 0 Å². The van der Waals surface area contributed by atoms with Gasteiger partial charge < -0.3 is 9.64 Å². The summed E-state index contributed by atoms with van der Waals surface area (Å²) in [5.74, 6) is -0.166. The van der Waals surface area contributed by atoms with Gasteiger partial charge >= 0.3 is 5.97 Å². The molecule has 16 heavy (non-hydrogen) atoms. The summed E-state index contributed by atoms with van der Waals surface area (Å²) in [5, 5.41) is 0. The van der Waals surface area contributed by atoms with Crippen LogP contribution >= 0.6 is 0 Å². The fraction of sp³-hybridized carbons (Fsp3) is 0.833. The maximum absolute atomic E-state index is 11.6. The Labute approximate surface area is 95.9 Å². The Hall–Kier alpha value is -1.06. The molecule has 2 rings (SSSR count). The Morgan fingerprint density at radius 1 is 1.06 bits per heavy atom. The van der Waals surface area contributed by atoms with Crippen LogP contribution in [0.4, 0.5) is 0 Å². The average Bonchev–Trinajstić information content (AvgIpc) is 2.95. The van der Waals surface area contributed by atoms with Gasteiger partial charge in [-0.25, -0.2) is 0 Å². The van der Waals surface area contributed by atoms with Crippen molar-refractivity contribution in [3.8, 4) is 0 Å². The summed E-state index contributed by atoms with van der Waals surface area (Å²) in [6.45, 7) is 1.58. The minimum Gasteiger partial charge on any atom is -0.455 e. The van der Waals surface area contributed by atoms with E-state index in [0.29, 0.717) is 0 Å². The second-order valence-electron chi connectivity index (χ2n) is 4.68. The molecule has 90 valence electrons. The van der Waals surface area contributed by atoms with Crippen molar-refractivity contribution in [3.05, 3.63) is 0 Å². The lowest BCUT2D eigenvalue weighted by molar-refractivity contribution is -0.155. The van der Waals surface area contributed by atoms with Crippen molar-refractivity contribution in [2.24, 2.45) is 5.92 Å². The molecule has 2 fully saturated rings. The number of amides is 1. The summed E-state index contributed by atoms with van der Waals surface area (Å²) in [6.07, 6.45) is 6.22. The Bertz CT molecular complexity index is 237. The standard InChI is InChI=1S/C12H19NO3/c14-11(13-7-3-4-8-13)9-16-12(15)10-5-1-2-6-10/h10H,1-9H2. The second kappa shape index (κ2) is 5.32. The van der Waals surface area contributed by atoms with Crippen molar-refractivity contribution in [2.75, 3.05) is 19.7 Å². The molecular weight excluding hydrogens is 206 g/mol. The number of rotatable bonds is 3. The van der Waals surface area contributed by atoms with Gasteiger partial charge in [-0.2, -0.15) is 0 Å². The summed E-state index contributed by atoms with van der Waals surface area (Å²) >= 11 is 0. The minimum atomic E-state index is -0.176. The van der Waals surface area contributed by atoms with Crippen LogP contribution in [0.2, 0.25) is 0 Å². The van der Waals surface area contributed by atoms with Gasteiger partial charge in [-0.3, -0.25) is 9.59 Å². The second-order valence-corrected chi connectivity index (χ2v) is 4.68. The molecule has 0 aromatic heterocycles. The van der Waals surface area contributed by atoms with Crippen LogP contribution in [0.3, 0.4) is 0 Å². The van der Waals surface area contributed by atoms with Gasteiger partial charge in [0.1, 0.15) is 0 Å². The number of hydrogen-bond donors (Lipinski definition) is 0. The molecule has 1 amide bonds. The highest BCUT2D eigenvalue weighted by molar-refractivity contribution is 5.81. The van der Waals surface area contributed by atoms with E-state index in [1.807, 2.05) is 0 Å².